The van der Waals surface area contributed by atoms with E-state index in [4.69, 9.17) is 12.2 Å². The van der Waals surface area contributed by atoms with Gasteiger partial charge in [-0.25, -0.2) is 0 Å². The molecule has 1 N–H and O–H groups in total. The van der Waals surface area contributed by atoms with Gasteiger partial charge in [0.25, 0.3) is 0 Å². The molecule has 0 radical (unpaired) electrons. The third-order valence-corrected chi connectivity index (χ3v) is 2.12. The second-order valence-electron chi connectivity index (χ2n) is 2.79. The van der Waals surface area contributed by atoms with Crippen molar-refractivity contribution in [1.29, 1.82) is 0 Å². The Hall–Kier alpha value is -1.41. The topological polar surface area (TPSA) is 12.0 Å². The smallest absolute Gasteiger partial charge is 0.0659 e. The molecule has 0 aliphatic heterocycles. The molecular formula is C11H9NS. The van der Waals surface area contributed by atoms with E-state index < -0.39 is 0 Å². The Labute approximate surface area is 82.4 Å². The van der Waals surface area contributed by atoms with Crippen LogP contribution >= 0.6 is 12.2 Å². The zero-order chi connectivity index (χ0) is 9.10. The first-order valence-corrected chi connectivity index (χ1v) is 4.57. The van der Waals surface area contributed by atoms with E-state index in [0.29, 0.717) is 0 Å². The van der Waals surface area contributed by atoms with Crippen LogP contribution in [0.15, 0.2) is 42.5 Å². The zero-order valence-electron chi connectivity index (χ0n) is 7.03. The van der Waals surface area contributed by atoms with Crippen LogP contribution in [0, 0.1) is 0 Å². The number of thiocarbonyl (C=S) groups is 1. The molecule has 2 aromatic carbocycles. The Kier molecular flexibility index (Phi) is 2.23. The van der Waals surface area contributed by atoms with Crippen molar-refractivity contribution in [2.45, 2.75) is 0 Å². The normalized spacial score (nSPS) is 9.85. The van der Waals surface area contributed by atoms with Gasteiger partial charge in [-0.15, -0.1) is 0 Å². The average Bonchev–Trinajstić information content (AvgIpc) is 2.19. The molecule has 0 saturated carbocycles. The molecule has 0 saturated heterocycles. The fraction of sp³-hybridized carbons (Fsp3) is 0. The van der Waals surface area contributed by atoms with Crippen molar-refractivity contribution in [3.8, 4) is 0 Å². The van der Waals surface area contributed by atoms with Crippen LogP contribution in [0.25, 0.3) is 10.8 Å². The van der Waals surface area contributed by atoms with E-state index in [1.54, 1.807) is 0 Å². The molecule has 64 valence electrons. The molecule has 0 aliphatic carbocycles. The number of hydrogen-bond acceptors (Lipinski definition) is 1. The maximum absolute atomic E-state index is 4.76. The quantitative estimate of drug-likeness (QED) is 0.724. The highest BCUT2D eigenvalue weighted by atomic mass is 32.1. The zero-order valence-corrected chi connectivity index (χ0v) is 7.84. The first-order chi connectivity index (χ1) is 6.42. The van der Waals surface area contributed by atoms with Gasteiger partial charge in [0.1, 0.15) is 0 Å². The molecule has 0 fully saturated rings. The predicted octanol–water partition coefficient (Wildman–Crippen LogP) is 3.21. The van der Waals surface area contributed by atoms with Gasteiger partial charge in [0, 0.05) is 11.1 Å². The van der Waals surface area contributed by atoms with Crippen molar-refractivity contribution in [3.63, 3.8) is 0 Å². The third-order valence-electron chi connectivity index (χ3n) is 2.00. The minimum Gasteiger partial charge on any atom is -0.352 e. The van der Waals surface area contributed by atoms with E-state index in [0.717, 1.165) is 5.69 Å². The Morgan fingerprint density at radius 2 is 1.77 bits per heavy atom. The molecule has 0 heterocycles. The molecule has 0 amide bonds. The summed E-state index contributed by atoms with van der Waals surface area (Å²) in [5.74, 6) is 0. The molecule has 0 unspecified atom stereocenters. The predicted molar refractivity (Wildman–Crippen MR) is 61.2 cm³/mol. The number of nitrogens with one attached hydrogen (secondary N) is 1. The van der Waals surface area contributed by atoms with Gasteiger partial charge >= 0.3 is 0 Å². The summed E-state index contributed by atoms with van der Waals surface area (Å²) in [7, 11) is 0. The summed E-state index contributed by atoms with van der Waals surface area (Å²) in [4.78, 5) is 0. The molecule has 2 heteroatoms. The van der Waals surface area contributed by atoms with Crippen LogP contribution in [0.1, 0.15) is 0 Å². The van der Waals surface area contributed by atoms with E-state index in [1.807, 2.05) is 24.3 Å². The van der Waals surface area contributed by atoms with Crippen LogP contribution in [0.2, 0.25) is 0 Å². The molecule has 13 heavy (non-hydrogen) atoms. The lowest BCUT2D eigenvalue weighted by atomic mass is 10.1. The highest BCUT2D eigenvalue weighted by molar-refractivity contribution is 7.79. The lowest BCUT2D eigenvalue weighted by Crippen LogP contribution is -1.92. The van der Waals surface area contributed by atoms with E-state index in [1.165, 1.54) is 16.3 Å². The molecule has 0 aromatic heterocycles. The Morgan fingerprint density at radius 3 is 2.62 bits per heavy atom. The monoisotopic (exact) mass is 187 g/mol. The Morgan fingerprint density at radius 1 is 1.00 bits per heavy atom. The van der Waals surface area contributed by atoms with E-state index in [9.17, 15) is 0 Å². The van der Waals surface area contributed by atoms with Crippen molar-refractivity contribution in [2.75, 3.05) is 5.32 Å². The van der Waals surface area contributed by atoms with Crippen molar-refractivity contribution < 1.29 is 0 Å². The number of rotatable bonds is 2. The van der Waals surface area contributed by atoms with Gasteiger partial charge in [-0.1, -0.05) is 48.6 Å². The summed E-state index contributed by atoms with van der Waals surface area (Å²) in [5.41, 5.74) is 2.59. The van der Waals surface area contributed by atoms with Crippen LogP contribution in [0.3, 0.4) is 0 Å². The molecular weight excluding hydrogens is 178 g/mol. The summed E-state index contributed by atoms with van der Waals surface area (Å²) < 4.78 is 0. The van der Waals surface area contributed by atoms with Gasteiger partial charge in [0.2, 0.25) is 0 Å². The first kappa shape index (κ1) is 8.20. The lowest BCUT2D eigenvalue weighted by Gasteiger charge is -2.04. The van der Waals surface area contributed by atoms with Crippen LogP contribution in [-0.4, -0.2) is 5.49 Å². The molecule has 0 spiro atoms. The van der Waals surface area contributed by atoms with Crippen LogP contribution in [0.5, 0.6) is 0 Å². The van der Waals surface area contributed by atoms with Crippen molar-refractivity contribution in [3.05, 3.63) is 42.5 Å². The largest absolute Gasteiger partial charge is 0.352 e. The van der Waals surface area contributed by atoms with Crippen molar-refractivity contribution in [2.24, 2.45) is 0 Å². The summed E-state index contributed by atoms with van der Waals surface area (Å²) in [6, 6.07) is 14.3. The minimum atomic E-state index is 1.06. The summed E-state index contributed by atoms with van der Waals surface area (Å²) >= 11 is 4.76. The molecule has 2 aromatic rings. The number of benzene rings is 2. The number of hydrogen-bond donors (Lipinski definition) is 1. The second-order valence-corrected chi connectivity index (χ2v) is 3.02. The SMILES string of the molecule is S=CNc1cccc2ccccc12. The van der Waals surface area contributed by atoms with Gasteiger partial charge in [0.05, 0.1) is 5.49 Å². The summed E-state index contributed by atoms with van der Waals surface area (Å²) in [6.07, 6.45) is 0. The van der Waals surface area contributed by atoms with E-state index in [2.05, 4.69) is 23.5 Å². The Balaban J connectivity index is 2.68. The maximum atomic E-state index is 4.76. The molecule has 0 bridgehead atoms. The van der Waals surface area contributed by atoms with Gasteiger partial charge in [0.15, 0.2) is 0 Å². The number of anilines is 1. The van der Waals surface area contributed by atoms with E-state index >= 15 is 0 Å². The third kappa shape index (κ3) is 1.53. The lowest BCUT2D eigenvalue weighted by molar-refractivity contribution is 1.71. The highest BCUT2D eigenvalue weighted by Crippen LogP contribution is 2.22. The van der Waals surface area contributed by atoms with Gasteiger partial charge in [-0.3, -0.25) is 0 Å². The molecule has 2 rings (SSSR count). The van der Waals surface area contributed by atoms with Gasteiger partial charge in [-0.2, -0.15) is 0 Å². The van der Waals surface area contributed by atoms with Crippen LogP contribution < -0.4 is 5.32 Å². The summed E-state index contributed by atoms with van der Waals surface area (Å²) in [5, 5.41) is 5.47. The van der Waals surface area contributed by atoms with Gasteiger partial charge < -0.3 is 5.32 Å². The van der Waals surface area contributed by atoms with Crippen molar-refractivity contribution in [1.82, 2.24) is 0 Å². The summed E-state index contributed by atoms with van der Waals surface area (Å²) in [6.45, 7) is 0. The average molecular weight is 187 g/mol. The van der Waals surface area contributed by atoms with Gasteiger partial charge in [-0.05, 0) is 11.5 Å². The number of fused-ring (bicyclic) bond motifs is 1. The first-order valence-electron chi connectivity index (χ1n) is 4.10. The van der Waals surface area contributed by atoms with Crippen molar-refractivity contribution >= 4 is 34.2 Å². The second kappa shape index (κ2) is 3.54. The van der Waals surface area contributed by atoms with E-state index in [-0.39, 0.29) is 0 Å². The minimum absolute atomic E-state index is 1.06. The fourth-order valence-corrected chi connectivity index (χ4v) is 1.54. The standard InChI is InChI=1S/C11H9NS/c13-8-12-11-7-3-5-9-4-1-2-6-10(9)11/h1-8H,(H,12,13). The highest BCUT2D eigenvalue weighted by Gasteiger charge is 1.96. The molecule has 0 aliphatic rings. The molecule has 1 nitrogen and oxygen atoms in total. The maximum Gasteiger partial charge on any atom is 0.0659 e. The molecule has 0 atom stereocenters. The Bertz CT molecular complexity index is 432. The van der Waals surface area contributed by atoms with Crippen LogP contribution in [0.4, 0.5) is 5.69 Å². The van der Waals surface area contributed by atoms with Crippen LogP contribution in [-0.2, 0) is 0 Å². The fourth-order valence-electron chi connectivity index (χ4n) is 1.41.